The van der Waals surface area contributed by atoms with E-state index in [0.717, 1.165) is 22.9 Å². The molecule has 5 heteroatoms. The van der Waals surface area contributed by atoms with Crippen LogP contribution in [0.2, 0.25) is 0 Å². The molecule has 2 rings (SSSR count). The van der Waals surface area contributed by atoms with E-state index in [1.165, 1.54) is 0 Å². The third kappa shape index (κ3) is 4.30. The van der Waals surface area contributed by atoms with E-state index < -0.39 is 12.0 Å². The first-order chi connectivity index (χ1) is 10.0. The van der Waals surface area contributed by atoms with E-state index >= 15 is 0 Å². The molecule has 21 heavy (non-hydrogen) atoms. The number of amides is 1. The summed E-state index contributed by atoms with van der Waals surface area (Å²) in [5.74, 6) is -1.19. The topological polar surface area (TPSA) is 66.4 Å². The molecule has 1 aliphatic carbocycles. The number of hydrogen-bond acceptors (Lipinski definition) is 2. The van der Waals surface area contributed by atoms with Gasteiger partial charge in [0.25, 0.3) is 0 Å². The van der Waals surface area contributed by atoms with Crippen molar-refractivity contribution in [3.8, 4) is 0 Å². The second-order valence-corrected chi connectivity index (χ2v) is 6.42. The Labute approximate surface area is 133 Å². The lowest BCUT2D eigenvalue weighted by Gasteiger charge is -2.19. The highest BCUT2D eigenvalue weighted by Crippen LogP contribution is 2.33. The van der Waals surface area contributed by atoms with Crippen molar-refractivity contribution >= 4 is 27.8 Å². The number of hydrogen-bond donors (Lipinski definition) is 2. The highest BCUT2D eigenvalue weighted by atomic mass is 79.9. The maximum absolute atomic E-state index is 12.3. The summed E-state index contributed by atoms with van der Waals surface area (Å²) in [4.78, 5) is 23.6. The molecule has 0 radical (unpaired) electrons. The highest BCUT2D eigenvalue weighted by Gasteiger charge is 2.38. The minimum Gasteiger partial charge on any atom is -0.480 e. The van der Waals surface area contributed by atoms with Crippen molar-refractivity contribution in [2.24, 2.45) is 11.8 Å². The van der Waals surface area contributed by atoms with Crippen LogP contribution >= 0.6 is 15.9 Å². The molecule has 0 aliphatic heterocycles. The summed E-state index contributed by atoms with van der Waals surface area (Å²) in [6.07, 6.45) is 3.07. The van der Waals surface area contributed by atoms with Crippen molar-refractivity contribution in [2.75, 3.05) is 0 Å². The molecule has 1 aromatic rings. The summed E-state index contributed by atoms with van der Waals surface area (Å²) in [6, 6.07) is 7.07. The number of carbonyl (C=O) groups is 2. The van der Waals surface area contributed by atoms with Crippen LogP contribution in [0.4, 0.5) is 0 Å². The van der Waals surface area contributed by atoms with Gasteiger partial charge in [-0.25, -0.2) is 4.79 Å². The van der Waals surface area contributed by atoms with Gasteiger partial charge < -0.3 is 10.4 Å². The summed E-state index contributed by atoms with van der Waals surface area (Å²) in [5, 5.41) is 11.9. The Bertz CT molecular complexity index is 528. The van der Waals surface area contributed by atoms with Crippen molar-refractivity contribution in [3.63, 3.8) is 0 Å². The zero-order valence-electron chi connectivity index (χ0n) is 12.0. The molecular formula is C16H20BrNO3. The van der Waals surface area contributed by atoms with E-state index in [9.17, 15) is 14.7 Å². The van der Waals surface area contributed by atoms with Gasteiger partial charge >= 0.3 is 5.97 Å². The third-order valence-corrected chi connectivity index (χ3v) is 4.72. The average Bonchev–Trinajstić information content (AvgIpc) is 3.27. The molecule has 0 bridgehead atoms. The molecule has 1 amide bonds. The van der Waals surface area contributed by atoms with E-state index in [4.69, 9.17) is 0 Å². The smallest absolute Gasteiger partial charge is 0.326 e. The van der Waals surface area contributed by atoms with Crippen LogP contribution in [0.3, 0.4) is 0 Å². The van der Waals surface area contributed by atoms with Crippen LogP contribution in [0, 0.1) is 11.8 Å². The molecule has 4 nitrogen and oxygen atoms in total. The van der Waals surface area contributed by atoms with Crippen LogP contribution in [0.1, 0.15) is 31.7 Å². The molecule has 1 aliphatic rings. The normalized spacial score (nSPS) is 17.0. The summed E-state index contributed by atoms with van der Waals surface area (Å²) < 4.78 is 0.980. The van der Waals surface area contributed by atoms with Crippen LogP contribution in [0.15, 0.2) is 28.7 Å². The third-order valence-electron chi connectivity index (χ3n) is 3.94. The van der Waals surface area contributed by atoms with Gasteiger partial charge in [-0.15, -0.1) is 0 Å². The number of carboxylic acid groups (broad SMARTS) is 1. The molecule has 1 saturated carbocycles. The molecule has 2 unspecified atom stereocenters. The molecule has 1 fully saturated rings. The van der Waals surface area contributed by atoms with Gasteiger partial charge in [-0.05, 0) is 43.2 Å². The predicted octanol–water partition coefficient (Wildman–Crippen LogP) is 3.00. The molecule has 114 valence electrons. The monoisotopic (exact) mass is 353 g/mol. The molecule has 0 aromatic heterocycles. The number of nitrogens with one attached hydrogen (secondary N) is 1. The van der Waals surface area contributed by atoms with Crippen LogP contribution in [0.5, 0.6) is 0 Å². The van der Waals surface area contributed by atoms with Gasteiger partial charge in [0.2, 0.25) is 5.91 Å². The van der Waals surface area contributed by atoms with Crippen molar-refractivity contribution in [1.82, 2.24) is 5.32 Å². The number of carbonyl (C=O) groups excluding carboxylic acids is 1. The quantitative estimate of drug-likeness (QED) is 0.791. The van der Waals surface area contributed by atoms with E-state index in [1.54, 1.807) is 0 Å². The number of aliphatic carboxylic acids is 1. The molecular weight excluding hydrogens is 334 g/mol. The minimum atomic E-state index is -0.929. The summed E-state index contributed by atoms with van der Waals surface area (Å²) in [6.45, 7) is 1.95. The first-order valence-electron chi connectivity index (χ1n) is 7.29. The molecule has 0 saturated heterocycles. The maximum Gasteiger partial charge on any atom is 0.326 e. The first kappa shape index (κ1) is 16.0. The average molecular weight is 354 g/mol. The summed E-state index contributed by atoms with van der Waals surface area (Å²) >= 11 is 3.48. The van der Waals surface area contributed by atoms with Gasteiger partial charge in [0, 0.05) is 10.4 Å². The second-order valence-electron chi connectivity index (χ2n) is 5.56. The zero-order valence-corrected chi connectivity index (χ0v) is 13.6. The van der Waals surface area contributed by atoms with Crippen molar-refractivity contribution in [3.05, 3.63) is 34.3 Å². The molecule has 2 atom stereocenters. The standard InChI is InChI=1S/C16H20BrNO3/c1-2-10(9-12-5-3-4-6-13(12)17)15(19)18-14(16(20)21)11-7-8-11/h3-6,10-11,14H,2,7-9H2,1H3,(H,18,19)(H,20,21). The van der Waals surface area contributed by atoms with Crippen molar-refractivity contribution in [2.45, 2.75) is 38.6 Å². The van der Waals surface area contributed by atoms with Crippen molar-refractivity contribution in [1.29, 1.82) is 0 Å². The van der Waals surface area contributed by atoms with Crippen molar-refractivity contribution < 1.29 is 14.7 Å². The minimum absolute atomic E-state index is 0.104. The SMILES string of the molecule is CCC(Cc1ccccc1Br)C(=O)NC(C(=O)O)C1CC1. The Morgan fingerprint density at radius 1 is 1.38 bits per heavy atom. The number of rotatable bonds is 7. The lowest BCUT2D eigenvalue weighted by atomic mass is 9.95. The molecule has 2 N–H and O–H groups in total. The van der Waals surface area contributed by atoms with Crippen LogP contribution < -0.4 is 5.32 Å². The largest absolute Gasteiger partial charge is 0.480 e. The Morgan fingerprint density at radius 2 is 2.05 bits per heavy atom. The van der Waals surface area contributed by atoms with E-state index in [0.29, 0.717) is 12.8 Å². The van der Waals surface area contributed by atoms with Gasteiger partial charge in [0.15, 0.2) is 0 Å². The first-order valence-corrected chi connectivity index (χ1v) is 8.08. The number of carboxylic acids is 1. The lowest BCUT2D eigenvalue weighted by Crippen LogP contribution is -2.45. The van der Waals surface area contributed by atoms with Gasteiger partial charge in [-0.3, -0.25) is 4.79 Å². The van der Waals surface area contributed by atoms with Crippen LogP contribution in [-0.4, -0.2) is 23.0 Å². The van der Waals surface area contributed by atoms with Gasteiger partial charge in [0.05, 0.1) is 0 Å². The fourth-order valence-corrected chi connectivity index (χ4v) is 2.88. The molecule has 0 heterocycles. The number of halogens is 1. The van der Waals surface area contributed by atoms with E-state index in [2.05, 4.69) is 21.2 Å². The zero-order chi connectivity index (χ0) is 15.4. The predicted molar refractivity (Wildman–Crippen MR) is 83.9 cm³/mol. The lowest BCUT2D eigenvalue weighted by molar-refractivity contribution is -0.143. The Hall–Kier alpha value is -1.36. The fourth-order valence-electron chi connectivity index (χ4n) is 2.43. The van der Waals surface area contributed by atoms with Crippen LogP contribution in [-0.2, 0) is 16.0 Å². The number of benzene rings is 1. The summed E-state index contributed by atoms with van der Waals surface area (Å²) in [7, 11) is 0. The van der Waals surface area contributed by atoms with Gasteiger partial charge in [-0.2, -0.15) is 0 Å². The Kier molecular flexibility index (Phi) is 5.39. The Morgan fingerprint density at radius 3 is 2.57 bits per heavy atom. The van der Waals surface area contributed by atoms with E-state index in [1.807, 2.05) is 31.2 Å². The second kappa shape index (κ2) is 7.07. The molecule has 1 aromatic carbocycles. The maximum atomic E-state index is 12.3. The summed E-state index contributed by atoms with van der Waals surface area (Å²) in [5.41, 5.74) is 1.07. The Balaban J connectivity index is 2.01. The van der Waals surface area contributed by atoms with Crippen LogP contribution in [0.25, 0.3) is 0 Å². The fraction of sp³-hybridized carbons (Fsp3) is 0.500. The highest BCUT2D eigenvalue weighted by molar-refractivity contribution is 9.10. The van der Waals surface area contributed by atoms with E-state index in [-0.39, 0.29) is 17.7 Å². The van der Waals surface area contributed by atoms with Gasteiger partial charge in [-0.1, -0.05) is 41.1 Å². The van der Waals surface area contributed by atoms with Gasteiger partial charge in [0.1, 0.15) is 6.04 Å². The molecule has 0 spiro atoms.